The molecule has 5 heteroatoms. The van der Waals surface area contributed by atoms with Crippen LogP contribution >= 0.6 is 23.0 Å². The van der Waals surface area contributed by atoms with E-state index >= 15 is 0 Å². The van der Waals surface area contributed by atoms with E-state index in [1.54, 1.807) is 23.0 Å². The molecule has 3 atom stereocenters. The highest BCUT2D eigenvalue weighted by atomic mass is 127. The van der Waals surface area contributed by atoms with Gasteiger partial charge in [-0.2, -0.15) is 0 Å². The maximum absolute atomic E-state index is 9.34. The van der Waals surface area contributed by atoms with Gasteiger partial charge in [-0.15, -0.1) is 0 Å². The average Bonchev–Trinajstić information content (AvgIpc) is 2.04. The van der Waals surface area contributed by atoms with E-state index in [4.69, 9.17) is 12.5 Å². The van der Waals surface area contributed by atoms with Gasteiger partial charge in [-0.1, -0.05) is 0 Å². The molecule has 1 N–H and O–H groups in total. The van der Waals surface area contributed by atoms with Crippen molar-refractivity contribution in [2.45, 2.75) is 24.9 Å². The van der Waals surface area contributed by atoms with E-state index in [1.165, 1.54) is 7.11 Å². The van der Waals surface area contributed by atoms with Crippen LogP contribution in [0.15, 0.2) is 0 Å². The number of methoxy groups -OCH3 is 1. The molecule has 1 aliphatic heterocycles. The first-order valence-corrected chi connectivity index (χ1v) is 4.26. The second-order valence-corrected chi connectivity index (χ2v) is 2.96. The van der Waals surface area contributed by atoms with E-state index in [0.29, 0.717) is 13.0 Å². The molecule has 0 spiro atoms. The molecular weight excluding hydrogens is 263 g/mol. The second kappa shape index (κ2) is 4.56. The minimum atomic E-state index is -0.575. The van der Waals surface area contributed by atoms with Crippen LogP contribution in [-0.2, 0) is 12.5 Å². The molecule has 4 nitrogen and oxygen atoms in total. The van der Waals surface area contributed by atoms with Gasteiger partial charge >= 0.3 is 0 Å². The number of halogens is 1. The monoisotopic (exact) mass is 274 g/mol. The van der Waals surface area contributed by atoms with Crippen molar-refractivity contribution in [1.82, 2.24) is 0 Å². The Labute approximate surface area is 79.5 Å². The lowest BCUT2D eigenvalue weighted by Gasteiger charge is -2.30. The van der Waals surface area contributed by atoms with Crippen molar-refractivity contribution >= 4 is 23.0 Å². The summed E-state index contributed by atoms with van der Waals surface area (Å²) in [4.78, 5) is 0. The first kappa shape index (κ1) is 9.66. The van der Waals surface area contributed by atoms with Crippen LogP contribution in [0.4, 0.5) is 0 Å². The highest BCUT2D eigenvalue weighted by Crippen LogP contribution is 2.18. The Morgan fingerprint density at radius 1 is 1.64 bits per heavy atom. The Bertz CT molecular complexity index is 121. The molecule has 3 unspecified atom stereocenters. The summed E-state index contributed by atoms with van der Waals surface area (Å²) >= 11 is 1.80. The van der Waals surface area contributed by atoms with E-state index in [-0.39, 0.29) is 6.10 Å². The maximum atomic E-state index is 9.34. The minimum Gasteiger partial charge on any atom is -0.388 e. The van der Waals surface area contributed by atoms with Gasteiger partial charge in [0.1, 0.15) is 29.1 Å². The molecular formula is C6H11IO4. The fraction of sp³-hybridized carbons (Fsp3) is 1.00. The van der Waals surface area contributed by atoms with Crippen molar-refractivity contribution in [1.29, 1.82) is 0 Å². The third kappa shape index (κ3) is 2.51. The van der Waals surface area contributed by atoms with E-state index in [1.807, 2.05) is 0 Å². The van der Waals surface area contributed by atoms with Gasteiger partial charge in [0.25, 0.3) is 0 Å². The van der Waals surface area contributed by atoms with Crippen LogP contribution in [0.2, 0.25) is 0 Å². The maximum Gasteiger partial charge on any atom is 0.183 e. The third-order valence-corrected chi connectivity index (χ3v) is 2.34. The molecule has 66 valence electrons. The first-order chi connectivity index (χ1) is 5.27. The van der Waals surface area contributed by atoms with Crippen LogP contribution in [0, 0.1) is 0 Å². The summed E-state index contributed by atoms with van der Waals surface area (Å²) in [5, 5.41) is 9.34. The number of aliphatic hydroxyl groups is 1. The average molecular weight is 274 g/mol. The van der Waals surface area contributed by atoms with Crippen LogP contribution in [0.3, 0.4) is 0 Å². The topological polar surface area (TPSA) is 47.9 Å². The predicted octanol–water partition coefficient (Wildman–Crippen LogP) is 0.475. The molecule has 1 heterocycles. The van der Waals surface area contributed by atoms with Crippen LogP contribution in [-0.4, -0.2) is 37.3 Å². The molecule has 11 heavy (non-hydrogen) atoms. The molecule has 0 aromatic carbocycles. The number of hydrogen-bond donors (Lipinski definition) is 1. The fourth-order valence-corrected chi connectivity index (χ4v) is 1.40. The summed E-state index contributed by atoms with van der Waals surface area (Å²) in [5.41, 5.74) is 0. The molecule has 0 aromatic heterocycles. The number of aliphatic hydroxyl groups excluding tert-OH is 1. The van der Waals surface area contributed by atoms with Gasteiger partial charge in [0.05, 0.1) is 12.7 Å². The molecule has 0 aliphatic carbocycles. The van der Waals surface area contributed by atoms with E-state index in [2.05, 4.69) is 0 Å². The SMILES string of the molecule is COC1OCC(OI)CC1O. The molecule has 1 saturated heterocycles. The van der Waals surface area contributed by atoms with Crippen molar-refractivity contribution in [2.24, 2.45) is 0 Å². The second-order valence-electron chi connectivity index (χ2n) is 2.45. The van der Waals surface area contributed by atoms with Gasteiger partial charge < -0.3 is 17.6 Å². The Morgan fingerprint density at radius 2 is 2.36 bits per heavy atom. The predicted molar refractivity (Wildman–Crippen MR) is 46.3 cm³/mol. The zero-order chi connectivity index (χ0) is 8.27. The van der Waals surface area contributed by atoms with Crippen molar-refractivity contribution in [3.05, 3.63) is 0 Å². The smallest absolute Gasteiger partial charge is 0.183 e. The van der Waals surface area contributed by atoms with E-state index < -0.39 is 12.4 Å². The third-order valence-electron chi connectivity index (χ3n) is 1.62. The first-order valence-electron chi connectivity index (χ1n) is 3.37. The Morgan fingerprint density at radius 3 is 2.82 bits per heavy atom. The molecule has 0 bridgehead atoms. The molecule has 0 radical (unpaired) electrons. The lowest BCUT2D eigenvalue weighted by atomic mass is 10.1. The highest BCUT2D eigenvalue weighted by molar-refractivity contribution is 14.1. The standard InChI is InChI=1S/C6H11IO4/c1-9-6-5(8)2-4(11-7)3-10-6/h4-6,8H,2-3H2,1H3. The largest absolute Gasteiger partial charge is 0.388 e. The molecule has 1 aliphatic rings. The van der Waals surface area contributed by atoms with Crippen LogP contribution in [0.5, 0.6) is 0 Å². The Balaban J connectivity index is 2.34. The number of ether oxygens (including phenoxy) is 2. The lowest BCUT2D eigenvalue weighted by Crippen LogP contribution is -2.42. The lowest BCUT2D eigenvalue weighted by molar-refractivity contribution is -0.218. The van der Waals surface area contributed by atoms with Gasteiger partial charge in [0.2, 0.25) is 0 Å². The molecule has 0 amide bonds. The quantitative estimate of drug-likeness (QED) is 0.744. The normalized spacial score (nSPS) is 39.0. The Kier molecular flexibility index (Phi) is 4.00. The van der Waals surface area contributed by atoms with Crippen molar-refractivity contribution in [3.63, 3.8) is 0 Å². The summed E-state index contributed by atoms with van der Waals surface area (Å²) in [5.74, 6) is 0. The molecule has 1 rings (SSSR count). The van der Waals surface area contributed by atoms with Crippen LogP contribution < -0.4 is 0 Å². The van der Waals surface area contributed by atoms with Gasteiger partial charge in [0, 0.05) is 13.5 Å². The molecule has 1 fully saturated rings. The Hall–Kier alpha value is 0.570. The summed E-state index contributed by atoms with van der Waals surface area (Å²) in [6.07, 6.45) is -0.509. The van der Waals surface area contributed by atoms with Gasteiger partial charge in [-0.05, 0) is 0 Å². The van der Waals surface area contributed by atoms with Gasteiger partial charge in [-0.25, -0.2) is 0 Å². The summed E-state index contributed by atoms with van der Waals surface area (Å²) in [7, 11) is 1.51. The zero-order valence-electron chi connectivity index (χ0n) is 6.20. The van der Waals surface area contributed by atoms with Crippen LogP contribution in [0.1, 0.15) is 6.42 Å². The molecule has 0 saturated carbocycles. The van der Waals surface area contributed by atoms with Gasteiger partial charge in [0.15, 0.2) is 6.29 Å². The number of rotatable bonds is 2. The van der Waals surface area contributed by atoms with E-state index in [0.717, 1.165) is 0 Å². The van der Waals surface area contributed by atoms with Gasteiger partial charge in [-0.3, -0.25) is 0 Å². The van der Waals surface area contributed by atoms with Crippen molar-refractivity contribution < 1.29 is 17.6 Å². The van der Waals surface area contributed by atoms with Crippen molar-refractivity contribution in [3.8, 4) is 0 Å². The summed E-state index contributed by atoms with van der Waals surface area (Å²) < 4.78 is 15.0. The van der Waals surface area contributed by atoms with E-state index in [9.17, 15) is 5.11 Å². The summed E-state index contributed by atoms with van der Waals surface area (Å²) in [6, 6.07) is 0. The minimum absolute atomic E-state index is 0.0167. The highest BCUT2D eigenvalue weighted by Gasteiger charge is 2.29. The van der Waals surface area contributed by atoms with Crippen molar-refractivity contribution in [2.75, 3.05) is 13.7 Å². The number of hydrogen-bond acceptors (Lipinski definition) is 4. The zero-order valence-corrected chi connectivity index (χ0v) is 8.35. The van der Waals surface area contributed by atoms with Crippen LogP contribution in [0.25, 0.3) is 0 Å². The summed E-state index contributed by atoms with van der Waals surface area (Å²) in [6.45, 7) is 0.485. The fourth-order valence-electron chi connectivity index (χ4n) is 1.05. The molecule has 0 aromatic rings.